The van der Waals surface area contributed by atoms with Crippen molar-refractivity contribution in [2.24, 2.45) is 0 Å². The van der Waals surface area contributed by atoms with Crippen LogP contribution in [0.1, 0.15) is 296 Å². The molecule has 12 atom stereocenters. The molecule has 2 fully saturated rings. The molecule has 0 saturated carbocycles. The molecule has 12 unspecified atom stereocenters. The highest BCUT2D eigenvalue weighted by atomic mass is 16.7. The summed E-state index contributed by atoms with van der Waals surface area (Å²) in [5.74, 6) is -0.211. The van der Waals surface area contributed by atoms with E-state index in [-0.39, 0.29) is 12.5 Å². The van der Waals surface area contributed by atoms with Crippen LogP contribution < -0.4 is 5.32 Å². The first-order valence-corrected chi connectivity index (χ1v) is 38.1. The highest BCUT2D eigenvalue weighted by Gasteiger charge is 2.51. The van der Waals surface area contributed by atoms with Crippen molar-refractivity contribution >= 4 is 5.91 Å². The lowest BCUT2D eigenvalue weighted by molar-refractivity contribution is -0.359. The minimum absolute atomic E-state index is 0.211. The van der Waals surface area contributed by atoms with E-state index in [4.69, 9.17) is 18.9 Å². The largest absolute Gasteiger partial charge is 0.394 e. The topological polar surface area (TPSA) is 228 Å². The molecule has 0 bridgehead atoms. The number of aliphatic hydroxyl groups is 8. The van der Waals surface area contributed by atoms with Gasteiger partial charge in [-0.25, -0.2) is 0 Å². The Kier molecular flexibility index (Phi) is 58.2. The van der Waals surface area contributed by atoms with Crippen molar-refractivity contribution < 1.29 is 64.6 Å². The average molecular weight is 1320 g/mol. The van der Waals surface area contributed by atoms with E-state index in [9.17, 15) is 45.6 Å². The summed E-state index contributed by atoms with van der Waals surface area (Å²) in [4.78, 5) is 13.4. The van der Waals surface area contributed by atoms with E-state index in [0.29, 0.717) is 19.3 Å². The lowest BCUT2D eigenvalue weighted by atomic mass is 9.97. The fourth-order valence-electron chi connectivity index (χ4n) is 12.0. The van der Waals surface area contributed by atoms with E-state index in [1.54, 1.807) is 0 Å². The highest BCUT2D eigenvalue weighted by molar-refractivity contribution is 5.76. The number of rotatable bonds is 62. The van der Waals surface area contributed by atoms with Gasteiger partial charge in [-0.05, 0) is 83.5 Å². The minimum Gasteiger partial charge on any atom is -0.394 e. The molecule has 542 valence electrons. The molecule has 0 aromatic heterocycles. The Morgan fingerprint density at radius 2 is 0.734 bits per heavy atom. The second-order valence-corrected chi connectivity index (χ2v) is 26.4. The first kappa shape index (κ1) is 86.7. The van der Waals surface area contributed by atoms with Gasteiger partial charge in [0.2, 0.25) is 5.91 Å². The molecule has 1 amide bonds. The molecule has 2 heterocycles. The third-order valence-corrected chi connectivity index (χ3v) is 18.0. The highest BCUT2D eigenvalue weighted by Crippen LogP contribution is 2.30. The van der Waals surface area contributed by atoms with Crippen LogP contribution in [0.3, 0.4) is 0 Å². The van der Waals surface area contributed by atoms with Crippen LogP contribution in [0.15, 0.2) is 109 Å². The quantitative estimate of drug-likeness (QED) is 0.0204. The normalized spacial score (nSPS) is 23.1. The first-order chi connectivity index (χ1) is 46.1. The van der Waals surface area contributed by atoms with Crippen LogP contribution in [0, 0.1) is 0 Å². The summed E-state index contributed by atoms with van der Waals surface area (Å²) in [6.45, 7) is 2.77. The van der Waals surface area contributed by atoms with Crippen molar-refractivity contribution in [1.82, 2.24) is 5.32 Å². The van der Waals surface area contributed by atoms with Crippen molar-refractivity contribution in [3.8, 4) is 0 Å². The molecule has 2 rings (SSSR count). The van der Waals surface area contributed by atoms with Gasteiger partial charge >= 0.3 is 0 Å². The summed E-state index contributed by atoms with van der Waals surface area (Å²) in [5, 5.41) is 87.7. The fourth-order valence-corrected chi connectivity index (χ4v) is 12.0. The van der Waals surface area contributed by atoms with Crippen molar-refractivity contribution in [2.75, 3.05) is 19.8 Å². The van der Waals surface area contributed by atoms with Crippen LogP contribution in [0.4, 0.5) is 0 Å². The average Bonchev–Trinajstić information content (AvgIpc) is 0.794. The molecule has 2 saturated heterocycles. The van der Waals surface area contributed by atoms with Crippen LogP contribution in [0.25, 0.3) is 0 Å². The van der Waals surface area contributed by atoms with Crippen molar-refractivity contribution in [3.05, 3.63) is 109 Å². The Bertz CT molecular complexity index is 2000. The molecule has 0 radical (unpaired) electrons. The second kappa shape index (κ2) is 63.1. The minimum atomic E-state index is -1.79. The van der Waals surface area contributed by atoms with E-state index in [1.165, 1.54) is 154 Å². The molecule has 0 aromatic rings. The molecule has 2 aliphatic rings. The van der Waals surface area contributed by atoms with Crippen LogP contribution in [-0.2, 0) is 23.7 Å². The number of carbonyl (C=O) groups excluding carboxylic acids is 1. The zero-order chi connectivity index (χ0) is 68.0. The van der Waals surface area contributed by atoms with Crippen LogP contribution >= 0.6 is 0 Å². The number of carbonyl (C=O) groups is 1. The molecule has 94 heavy (non-hydrogen) atoms. The van der Waals surface area contributed by atoms with E-state index in [1.807, 2.05) is 0 Å². The SMILES string of the molecule is CC/C=C\C/C=C\C/C=C\C/C=C\C/C=C\C/C=C\C/C=C\C/C=C\C/C=C\CCCCCCCCCCCCCC(=O)NC(COC1OC(CO)C(OC2OC(CO)C(O)C(O)C2O)C(O)C1O)C(O)CCCCCCCCCCCCCCCCCCCCCCC. The molecular weight excluding hydrogens is 1180 g/mol. The Labute approximate surface area is 572 Å². The van der Waals surface area contributed by atoms with Gasteiger partial charge in [-0.3, -0.25) is 4.79 Å². The van der Waals surface area contributed by atoms with E-state index in [2.05, 4.69) is 129 Å². The summed E-state index contributed by atoms with van der Waals surface area (Å²) in [7, 11) is 0. The molecule has 14 nitrogen and oxygen atoms in total. The Morgan fingerprint density at radius 3 is 1.13 bits per heavy atom. The number of hydrogen-bond donors (Lipinski definition) is 9. The number of amides is 1. The maximum absolute atomic E-state index is 13.4. The van der Waals surface area contributed by atoms with Gasteiger partial charge in [0.1, 0.15) is 48.8 Å². The van der Waals surface area contributed by atoms with Crippen molar-refractivity contribution in [2.45, 2.75) is 370 Å². The Hall–Kier alpha value is -3.35. The molecule has 0 spiro atoms. The summed E-state index contributed by atoms with van der Waals surface area (Å²) in [6.07, 6.45) is 73.9. The zero-order valence-electron chi connectivity index (χ0n) is 59.2. The number of nitrogens with one attached hydrogen (secondary N) is 1. The lowest BCUT2D eigenvalue weighted by Gasteiger charge is -2.46. The second-order valence-electron chi connectivity index (χ2n) is 26.4. The van der Waals surface area contributed by atoms with Gasteiger partial charge in [-0.2, -0.15) is 0 Å². The predicted molar refractivity (Wildman–Crippen MR) is 387 cm³/mol. The molecule has 14 heteroatoms. The van der Waals surface area contributed by atoms with E-state index in [0.717, 1.165) is 109 Å². The summed E-state index contributed by atoms with van der Waals surface area (Å²) < 4.78 is 22.9. The van der Waals surface area contributed by atoms with Gasteiger partial charge in [0.15, 0.2) is 12.6 Å². The lowest BCUT2D eigenvalue weighted by Crippen LogP contribution is -2.65. The maximum Gasteiger partial charge on any atom is 0.220 e. The number of unbranched alkanes of at least 4 members (excludes halogenated alkanes) is 31. The van der Waals surface area contributed by atoms with Crippen LogP contribution in [-0.4, -0.2) is 140 Å². The van der Waals surface area contributed by atoms with Gasteiger partial charge < -0.3 is 65.1 Å². The van der Waals surface area contributed by atoms with Crippen molar-refractivity contribution in [1.29, 1.82) is 0 Å². The first-order valence-electron chi connectivity index (χ1n) is 38.1. The summed E-state index contributed by atoms with van der Waals surface area (Å²) >= 11 is 0. The van der Waals surface area contributed by atoms with Crippen molar-refractivity contribution in [3.63, 3.8) is 0 Å². The standard InChI is InChI=1S/C80H139NO13/c1-3-5-7-9-11-13-15-17-19-21-23-25-26-27-28-29-30-31-32-33-34-35-36-37-38-39-40-41-42-44-46-48-50-52-54-56-58-60-62-64-72(85)81-68(69(84)63-61-59-57-55-53-51-49-47-45-43-24-22-20-18-16-14-12-10-8-6-4-2)67-91-79-77(90)75(88)78(71(66-83)93-79)94-80-76(89)74(87)73(86)70(65-82)92-80/h5,7,11,13,17,19,23,25,27-28,30-31,33-34,36-37,39-40,68-71,73-80,82-84,86-90H,3-4,6,8-10,12,14-16,18,20-22,24,26,29,32,35,38,41-67H2,1-2H3,(H,81,85)/b7-5-,13-11-,19-17-,25-23-,28-27-,31-30-,34-33-,37-36-,40-39-. The van der Waals surface area contributed by atoms with E-state index >= 15 is 0 Å². The van der Waals surface area contributed by atoms with E-state index < -0.39 is 86.8 Å². The fraction of sp³-hybridized carbons (Fsp3) is 0.762. The number of aliphatic hydroxyl groups excluding tert-OH is 8. The van der Waals surface area contributed by atoms with Gasteiger partial charge in [0.05, 0.1) is 32.0 Å². The smallest absolute Gasteiger partial charge is 0.220 e. The van der Waals surface area contributed by atoms with Gasteiger partial charge in [0.25, 0.3) is 0 Å². The number of allylic oxidation sites excluding steroid dienone is 18. The number of hydrogen-bond acceptors (Lipinski definition) is 13. The monoisotopic (exact) mass is 1320 g/mol. The predicted octanol–water partition coefficient (Wildman–Crippen LogP) is 16.7. The van der Waals surface area contributed by atoms with Gasteiger partial charge in [-0.1, -0.05) is 316 Å². The Balaban J connectivity index is 1.62. The molecule has 0 aromatic carbocycles. The Morgan fingerprint density at radius 1 is 0.394 bits per heavy atom. The molecule has 2 aliphatic heterocycles. The molecular formula is C80H139NO13. The van der Waals surface area contributed by atoms with Crippen LogP contribution in [0.2, 0.25) is 0 Å². The maximum atomic E-state index is 13.4. The molecule has 0 aliphatic carbocycles. The van der Waals surface area contributed by atoms with Crippen LogP contribution in [0.5, 0.6) is 0 Å². The summed E-state index contributed by atoms with van der Waals surface area (Å²) in [5.41, 5.74) is 0. The number of ether oxygens (including phenoxy) is 4. The third kappa shape index (κ3) is 46.0. The molecule has 9 N–H and O–H groups in total. The third-order valence-electron chi connectivity index (χ3n) is 18.0. The van der Waals surface area contributed by atoms with Gasteiger partial charge in [-0.15, -0.1) is 0 Å². The zero-order valence-corrected chi connectivity index (χ0v) is 59.2. The van der Waals surface area contributed by atoms with Gasteiger partial charge in [0, 0.05) is 6.42 Å². The summed E-state index contributed by atoms with van der Waals surface area (Å²) in [6, 6.07) is -0.838.